The van der Waals surface area contributed by atoms with Crippen molar-refractivity contribution in [2.24, 2.45) is 0 Å². The molecule has 0 aliphatic rings. The number of benzene rings is 2. The maximum Gasteiger partial charge on any atom is 0.411 e. The summed E-state index contributed by atoms with van der Waals surface area (Å²) in [4.78, 5) is 0. The third-order valence-electron chi connectivity index (χ3n) is 3.75. The number of phenols is 1. The lowest BCUT2D eigenvalue weighted by atomic mass is 9.73. The van der Waals surface area contributed by atoms with E-state index in [0.717, 1.165) is 36.4 Å². The van der Waals surface area contributed by atoms with Gasteiger partial charge in [-0.25, -0.2) is 0 Å². The van der Waals surface area contributed by atoms with E-state index in [2.05, 4.69) is 0 Å². The first kappa shape index (κ1) is 19.0. The van der Waals surface area contributed by atoms with Gasteiger partial charge in [-0.1, -0.05) is 24.3 Å². The van der Waals surface area contributed by atoms with Crippen molar-refractivity contribution in [3.8, 4) is 11.5 Å². The Labute approximate surface area is 139 Å². The number of halogens is 6. The predicted octanol–water partition coefficient (Wildman–Crippen LogP) is 5.20. The van der Waals surface area contributed by atoms with Gasteiger partial charge in [0.25, 0.3) is 0 Å². The lowest BCUT2D eigenvalue weighted by Gasteiger charge is -2.38. The topological polar surface area (TPSA) is 29.5 Å². The van der Waals surface area contributed by atoms with Crippen LogP contribution in [0.3, 0.4) is 0 Å². The van der Waals surface area contributed by atoms with Crippen molar-refractivity contribution in [3.63, 3.8) is 0 Å². The molecule has 0 spiro atoms. The van der Waals surface area contributed by atoms with E-state index in [1.54, 1.807) is 6.92 Å². The zero-order valence-electron chi connectivity index (χ0n) is 12.9. The maximum atomic E-state index is 13.8. The van der Waals surface area contributed by atoms with Crippen molar-refractivity contribution < 1.29 is 36.2 Å². The fourth-order valence-corrected chi connectivity index (χ4v) is 2.66. The van der Waals surface area contributed by atoms with Crippen molar-refractivity contribution >= 4 is 0 Å². The highest BCUT2D eigenvalue weighted by atomic mass is 19.4. The van der Waals surface area contributed by atoms with Gasteiger partial charge in [-0.2, -0.15) is 26.3 Å². The molecule has 25 heavy (non-hydrogen) atoms. The molecule has 2 rings (SSSR count). The SMILES string of the molecule is CCOc1ccc(C(c2ccc(O)cc2)(C(F)(F)F)C(F)(F)F)cc1. The van der Waals surface area contributed by atoms with E-state index in [1.807, 2.05) is 0 Å². The molecule has 1 N–H and O–H groups in total. The first-order valence-corrected chi connectivity index (χ1v) is 7.20. The van der Waals surface area contributed by atoms with E-state index in [-0.39, 0.29) is 12.4 Å². The Hall–Kier alpha value is -2.38. The van der Waals surface area contributed by atoms with Gasteiger partial charge in [0.15, 0.2) is 0 Å². The van der Waals surface area contributed by atoms with Crippen LogP contribution in [0.2, 0.25) is 0 Å². The summed E-state index contributed by atoms with van der Waals surface area (Å²) >= 11 is 0. The minimum atomic E-state index is -5.66. The molecule has 2 aromatic carbocycles. The standard InChI is InChI=1S/C17H14F6O2/c1-2-25-14-9-5-12(6-10-14)15(16(18,19)20,17(21,22)23)11-3-7-13(24)8-4-11/h3-10,24H,2H2,1H3. The Morgan fingerprint density at radius 1 is 0.760 bits per heavy atom. The van der Waals surface area contributed by atoms with Crippen LogP contribution in [0.5, 0.6) is 11.5 Å². The van der Waals surface area contributed by atoms with Crippen molar-refractivity contribution in [1.82, 2.24) is 0 Å². The highest BCUT2D eigenvalue weighted by molar-refractivity contribution is 5.46. The average molecular weight is 364 g/mol. The van der Waals surface area contributed by atoms with Gasteiger partial charge in [0.05, 0.1) is 6.61 Å². The van der Waals surface area contributed by atoms with Crippen molar-refractivity contribution in [2.45, 2.75) is 24.7 Å². The van der Waals surface area contributed by atoms with Crippen molar-refractivity contribution in [3.05, 3.63) is 59.7 Å². The highest BCUT2D eigenvalue weighted by Gasteiger charge is 2.72. The van der Waals surface area contributed by atoms with E-state index in [4.69, 9.17) is 4.74 Å². The minimum Gasteiger partial charge on any atom is -0.508 e. The van der Waals surface area contributed by atoms with Gasteiger partial charge in [0, 0.05) is 0 Å². The number of aromatic hydroxyl groups is 1. The molecule has 0 aromatic heterocycles. The number of ether oxygens (including phenoxy) is 1. The second-order valence-corrected chi connectivity index (χ2v) is 5.25. The van der Waals surface area contributed by atoms with Gasteiger partial charge in [0.2, 0.25) is 5.41 Å². The van der Waals surface area contributed by atoms with Gasteiger partial charge >= 0.3 is 12.4 Å². The van der Waals surface area contributed by atoms with Crippen LogP contribution in [-0.2, 0) is 5.41 Å². The van der Waals surface area contributed by atoms with Crippen LogP contribution >= 0.6 is 0 Å². The number of rotatable bonds is 4. The molecular formula is C17H14F6O2. The third-order valence-corrected chi connectivity index (χ3v) is 3.75. The fraction of sp³-hybridized carbons (Fsp3) is 0.294. The van der Waals surface area contributed by atoms with Crippen LogP contribution in [0.25, 0.3) is 0 Å². The molecule has 0 radical (unpaired) electrons. The minimum absolute atomic E-state index is 0.162. The van der Waals surface area contributed by atoms with Gasteiger partial charge in [-0.15, -0.1) is 0 Å². The predicted molar refractivity (Wildman–Crippen MR) is 78.6 cm³/mol. The van der Waals surface area contributed by atoms with Crippen LogP contribution in [0.4, 0.5) is 26.3 Å². The molecule has 2 aromatic rings. The molecule has 0 atom stereocenters. The monoisotopic (exact) mass is 364 g/mol. The largest absolute Gasteiger partial charge is 0.508 e. The molecular weight excluding hydrogens is 350 g/mol. The van der Waals surface area contributed by atoms with E-state index in [0.29, 0.717) is 12.1 Å². The zero-order chi connectivity index (χ0) is 18.9. The first-order chi connectivity index (χ1) is 11.5. The summed E-state index contributed by atoms with van der Waals surface area (Å²) in [6, 6.07) is 6.43. The average Bonchev–Trinajstić information content (AvgIpc) is 2.49. The molecule has 0 unspecified atom stereocenters. The number of hydrogen-bond donors (Lipinski definition) is 1. The van der Waals surface area contributed by atoms with Gasteiger partial charge in [-0.05, 0) is 42.3 Å². The summed E-state index contributed by atoms with van der Waals surface area (Å²) in [7, 11) is 0. The molecule has 0 amide bonds. The lowest BCUT2D eigenvalue weighted by Crippen LogP contribution is -2.54. The lowest BCUT2D eigenvalue weighted by molar-refractivity contribution is -0.288. The quantitative estimate of drug-likeness (QED) is 0.756. The molecule has 8 heteroatoms. The van der Waals surface area contributed by atoms with Crippen LogP contribution in [0.15, 0.2) is 48.5 Å². The summed E-state index contributed by atoms with van der Waals surface area (Å²) in [6.45, 7) is 1.86. The second kappa shape index (κ2) is 6.50. The number of hydrogen-bond acceptors (Lipinski definition) is 2. The molecule has 0 saturated heterocycles. The van der Waals surface area contributed by atoms with Crippen molar-refractivity contribution in [1.29, 1.82) is 0 Å². The summed E-state index contributed by atoms with van der Waals surface area (Å²) < 4.78 is 87.7. The van der Waals surface area contributed by atoms with E-state index in [1.165, 1.54) is 0 Å². The van der Waals surface area contributed by atoms with E-state index >= 15 is 0 Å². The molecule has 2 nitrogen and oxygen atoms in total. The van der Waals surface area contributed by atoms with Crippen molar-refractivity contribution in [2.75, 3.05) is 6.61 Å². The summed E-state index contributed by atoms with van der Waals surface area (Å²) in [5.41, 5.74) is -6.24. The summed E-state index contributed by atoms with van der Waals surface area (Å²) in [5.74, 6) is -0.274. The highest BCUT2D eigenvalue weighted by Crippen LogP contribution is 2.56. The molecule has 0 fully saturated rings. The summed E-state index contributed by atoms with van der Waals surface area (Å²) in [5, 5.41) is 9.21. The molecule has 0 bridgehead atoms. The number of alkyl halides is 6. The zero-order valence-corrected chi connectivity index (χ0v) is 12.9. The third kappa shape index (κ3) is 3.25. The molecule has 0 saturated carbocycles. The van der Waals surface area contributed by atoms with Crippen LogP contribution < -0.4 is 4.74 Å². The van der Waals surface area contributed by atoms with E-state index < -0.39 is 34.6 Å². The Morgan fingerprint density at radius 3 is 1.52 bits per heavy atom. The smallest absolute Gasteiger partial charge is 0.411 e. The van der Waals surface area contributed by atoms with Gasteiger partial charge < -0.3 is 9.84 Å². The Morgan fingerprint density at radius 2 is 1.16 bits per heavy atom. The Balaban J connectivity index is 2.76. The second-order valence-electron chi connectivity index (χ2n) is 5.25. The first-order valence-electron chi connectivity index (χ1n) is 7.20. The maximum absolute atomic E-state index is 13.8. The molecule has 0 heterocycles. The van der Waals surface area contributed by atoms with Crippen LogP contribution in [0.1, 0.15) is 18.1 Å². The van der Waals surface area contributed by atoms with Gasteiger partial charge in [-0.3, -0.25) is 0 Å². The van der Waals surface area contributed by atoms with Gasteiger partial charge in [0.1, 0.15) is 11.5 Å². The molecule has 0 aliphatic carbocycles. The molecule has 0 aliphatic heterocycles. The Kier molecular flexibility index (Phi) is 4.92. The van der Waals surface area contributed by atoms with E-state index in [9.17, 15) is 31.4 Å². The van der Waals surface area contributed by atoms with Crippen LogP contribution in [-0.4, -0.2) is 24.1 Å². The number of phenolic OH excluding ortho intramolecular Hbond substituents is 1. The summed E-state index contributed by atoms with van der Waals surface area (Å²) in [6.07, 6.45) is -11.3. The molecule has 136 valence electrons. The Bertz CT molecular complexity index is 688. The van der Waals surface area contributed by atoms with Crippen LogP contribution in [0, 0.1) is 0 Å². The fourth-order valence-electron chi connectivity index (χ4n) is 2.66. The normalized spacial score (nSPS) is 12.9.